The lowest BCUT2D eigenvalue weighted by Gasteiger charge is -2.27. The summed E-state index contributed by atoms with van der Waals surface area (Å²) in [5.74, 6) is 1.82. The molecule has 8 heteroatoms. The SMILES string of the molecule is COc1cc2nccc(Oc3ccc(N(C(=O)O)C(C)c4ccc(F)cc4)cc3)c2cc1OC. The Morgan fingerprint density at radius 1 is 0.941 bits per heavy atom. The zero-order valence-corrected chi connectivity index (χ0v) is 18.9. The zero-order valence-electron chi connectivity index (χ0n) is 18.9. The number of ether oxygens (including phenoxy) is 3. The van der Waals surface area contributed by atoms with Gasteiger partial charge >= 0.3 is 6.09 Å². The van der Waals surface area contributed by atoms with Crippen LogP contribution in [0.1, 0.15) is 18.5 Å². The Balaban J connectivity index is 1.61. The molecule has 0 aliphatic heterocycles. The van der Waals surface area contributed by atoms with E-state index in [1.165, 1.54) is 17.0 Å². The molecule has 3 aromatic carbocycles. The van der Waals surface area contributed by atoms with Gasteiger partial charge < -0.3 is 19.3 Å². The van der Waals surface area contributed by atoms with Crippen LogP contribution < -0.4 is 19.1 Å². The molecule has 4 aromatic rings. The van der Waals surface area contributed by atoms with E-state index in [4.69, 9.17) is 14.2 Å². The van der Waals surface area contributed by atoms with Crippen LogP contribution in [-0.2, 0) is 0 Å². The maximum Gasteiger partial charge on any atom is 0.412 e. The molecule has 1 aromatic heterocycles. The fraction of sp³-hybridized carbons (Fsp3) is 0.154. The third-order valence-corrected chi connectivity index (χ3v) is 5.50. The van der Waals surface area contributed by atoms with Crippen LogP contribution in [-0.4, -0.2) is 30.4 Å². The van der Waals surface area contributed by atoms with Crippen LogP contribution in [0, 0.1) is 5.82 Å². The number of amides is 1. The van der Waals surface area contributed by atoms with Gasteiger partial charge in [0.2, 0.25) is 0 Å². The molecule has 0 radical (unpaired) electrons. The highest BCUT2D eigenvalue weighted by Crippen LogP contribution is 2.37. The first-order chi connectivity index (χ1) is 16.4. The number of rotatable bonds is 7. The summed E-state index contributed by atoms with van der Waals surface area (Å²) in [7, 11) is 3.11. The van der Waals surface area contributed by atoms with Crippen molar-refractivity contribution in [1.29, 1.82) is 0 Å². The lowest BCUT2D eigenvalue weighted by Crippen LogP contribution is -2.32. The van der Waals surface area contributed by atoms with E-state index in [2.05, 4.69) is 4.98 Å². The molecule has 7 nitrogen and oxygen atoms in total. The number of nitrogens with zero attached hydrogens (tertiary/aromatic N) is 2. The van der Waals surface area contributed by atoms with E-state index in [0.29, 0.717) is 39.8 Å². The van der Waals surface area contributed by atoms with Crippen LogP contribution in [0.5, 0.6) is 23.0 Å². The van der Waals surface area contributed by atoms with Gasteiger partial charge in [0.15, 0.2) is 11.5 Å². The van der Waals surface area contributed by atoms with Crippen molar-refractivity contribution in [1.82, 2.24) is 4.98 Å². The van der Waals surface area contributed by atoms with Crippen molar-refractivity contribution in [3.8, 4) is 23.0 Å². The van der Waals surface area contributed by atoms with Crippen molar-refractivity contribution in [3.63, 3.8) is 0 Å². The molecule has 1 N–H and O–H groups in total. The summed E-state index contributed by atoms with van der Waals surface area (Å²) in [6.07, 6.45) is 0.515. The van der Waals surface area contributed by atoms with E-state index in [1.54, 1.807) is 81.9 Å². The van der Waals surface area contributed by atoms with Crippen LogP contribution in [0.15, 0.2) is 72.9 Å². The number of pyridine rings is 1. The number of halogens is 1. The molecule has 0 bridgehead atoms. The largest absolute Gasteiger partial charge is 0.493 e. The number of carbonyl (C=O) groups is 1. The molecule has 1 heterocycles. The smallest absolute Gasteiger partial charge is 0.412 e. The third kappa shape index (κ3) is 4.56. The van der Waals surface area contributed by atoms with Gasteiger partial charge in [-0.15, -0.1) is 0 Å². The Morgan fingerprint density at radius 2 is 1.59 bits per heavy atom. The summed E-state index contributed by atoms with van der Waals surface area (Å²) >= 11 is 0. The van der Waals surface area contributed by atoms with Crippen molar-refractivity contribution in [3.05, 3.63) is 84.3 Å². The van der Waals surface area contributed by atoms with Gasteiger partial charge in [0, 0.05) is 23.3 Å². The minimum absolute atomic E-state index is 0.376. The van der Waals surface area contributed by atoms with Gasteiger partial charge in [-0.3, -0.25) is 9.88 Å². The average molecular weight is 462 g/mol. The number of benzene rings is 3. The first-order valence-electron chi connectivity index (χ1n) is 10.5. The van der Waals surface area contributed by atoms with E-state index in [1.807, 2.05) is 0 Å². The predicted molar refractivity (Wildman–Crippen MR) is 127 cm³/mol. The van der Waals surface area contributed by atoms with Gasteiger partial charge in [-0.05, 0) is 61.0 Å². The standard InChI is InChI=1S/C26H23FN2O5/c1-16(17-4-6-18(27)7-5-17)29(26(30)31)19-8-10-20(11-9-19)34-23-12-13-28-22-15-25(33-3)24(32-2)14-21(22)23/h4-16H,1-3H3,(H,30,31). The van der Waals surface area contributed by atoms with E-state index >= 15 is 0 Å². The van der Waals surface area contributed by atoms with Gasteiger partial charge in [0.05, 0.1) is 25.8 Å². The van der Waals surface area contributed by atoms with E-state index in [-0.39, 0.29) is 5.82 Å². The molecular formula is C26H23FN2O5. The summed E-state index contributed by atoms with van der Waals surface area (Å²) in [4.78, 5) is 17.6. The van der Waals surface area contributed by atoms with E-state index in [0.717, 1.165) is 5.39 Å². The highest BCUT2D eigenvalue weighted by atomic mass is 19.1. The fourth-order valence-electron chi connectivity index (χ4n) is 3.73. The Bertz CT molecular complexity index is 1310. The van der Waals surface area contributed by atoms with Crippen LogP contribution in [0.2, 0.25) is 0 Å². The Morgan fingerprint density at radius 3 is 2.21 bits per heavy atom. The minimum Gasteiger partial charge on any atom is -0.493 e. The second-order valence-electron chi connectivity index (χ2n) is 7.51. The van der Waals surface area contributed by atoms with Crippen LogP contribution in [0.25, 0.3) is 10.9 Å². The maximum atomic E-state index is 13.3. The lowest BCUT2D eigenvalue weighted by molar-refractivity contribution is 0.199. The van der Waals surface area contributed by atoms with Crippen LogP contribution in [0.3, 0.4) is 0 Å². The number of anilines is 1. The van der Waals surface area contributed by atoms with Gasteiger partial charge in [-0.25, -0.2) is 9.18 Å². The predicted octanol–water partition coefficient (Wildman–Crippen LogP) is 6.43. The number of aromatic nitrogens is 1. The quantitative estimate of drug-likeness (QED) is 0.341. The molecule has 0 saturated heterocycles. The summed E-state index contributed by atoms with van der Waals surface area (Å²) < 4.78 is 30.1. The number of carboxylic acid groups (broad SMARTS) is 1. The molecule has 0 spiro atoms. The van der Waals surface area contributed by atoms with Gasteiger partial charge in [-0.2, -0.15) is 0 Å². The molecule has 1 atom stereocenters. The average Bonchev–Trinajstić information content (AvgIpc) is 2.84. The molecular weight excluding hydrogens is 439 g/mol. The molecule has 1 unspecified atom stereocenters. The van der Waals surface area contributed by atoms with Gasteiger partial charge in [0.1, 0.15) is 17.3 Å². The molecule has 4 rings (SSSR count). The van der Waals surface area contributed by atoms with E-state index < -0.39 is 12.1 Å². The molecule has 0 aliphatic rings. The van der Waals surface area contributed by atoms with Crippen molar-refractivity contribution < 1.29 is 28.5 Å². The molecule has 174 valence electrons. The lowest BCUT2D eigenvalue weighted by atomic mass is 10.1. The van der Waals surface area contributed by atoms with Gasteiger partial charge in [0.25, 0.3) is 0 Å². The van der Waals surface area contributed by atoms with Crippen molar-refractivity contribution in [2.75, 3.05) is 19.1 Å². The first kappa shape index (κ1) is 22.8. The Labute approximate surface area is 195 Å². The second-order valence-corrected chi connectivity index (χ2v) is 7.51. The zero-order chi connectivity index (χ0) is 24.2. The monoisotopic (exact) mass is 462 g/mol. The molecule has 0 fully saturated rings. The first-order valence-corrected chi connectivity index (χ1v) is 10.5. The second kappa shape index (κ2) is 9.66. The molecule has 34 heavy (non-hydrogen) atoms. The van der Waals surface area contributed by atoms with Crippen LogP contribution in [0.4, 0.5) is 14.9 Å². The topological polar surface area (TPSA) is 81.1 Å². The maximum absolute atomic E-state index is 13.3. The summed E-state index contributed by atoms with van der Waals surface area (Å²) in [6, 6.07) is 17.3. The normalized spacial score (nSPS) is 11.6. The highest BCUT2D eigenvalue weighted by molar-refractivity contribution is 5.89. The Hall–Kier alpha value is -4.33. The summed E-state index contributed by atoms with van der Waals surface area (Å²) in [5.41, 5.74) is 1.82. The summed E-state index contributed by atoms with van der Waals surface area (Å²) in [5, 5.41) is 10.6. The number of hydrogen-bond donors (Lipinski definition) is 1. The van der Waals surface area contributed by atoms with E-state index in [9.17, 15) is 14.3 Å². The Kier molecular flexibility index (Phi) is 6.49. The van der Waals surface area contributed by atoms with Crippen molar-refractivity contribution >= 4 is 22.7 Å². The summed E-state index contributed by atoms with van der Waals surface area (Å²) in [6.45, 7) is 1.75. The van der Waals surface area contributed by atoms with Crippen LogP contribution >= 0.6 is 0 Å². The third-order valence-electron chi connectivity index (χ3n) is 5.50. The molecule has 1 amide bonds. The number of methoxy groups -OCH3 is 2. The van der Waals surface area contributed by atoms with Gasteiger partial charge in [-0.1, -0.05) is 12.1 Å². The fourth-order valence-corrected chi connectivity index (χ4v) is 3.73. The van der Waals surface area contributed by atoms with Crippen molar-refractivity contribution in [2.24, 2.45) is 0 Å². The van der Waals surface area contributed by atoms with Crippen molar-refractivity contribution in [2.45, 2.75) is 13.0 Å². The molecule has 0 saturated carbocycles. The highest BCUT2D eigenvalue weighted by Gasteiger charge is 2.23. The molecule has 0 aliphatic carbocycles. The minimum atomic E-state index is -1.12. The number of fused-ring (bicyclic) bond motifs is 1. The number of hydrogen-bond acceptors (Lipinski definition) is 5.